The molecule has 28 heavy (non-hydrogen) atoms. The van der Waals surface area contributed by atoms with Gasteiger partial charge in [-0.1, -0.05) is 29.8 Å². The van der Waals surface area contributed by atoms with Crippen molar-refractivity contribution < 1.29 is 9.53 Å². The molecular weight excluding hydrogens is 374 g/mol. The summed E-state index contributed by atoms with van der Waals surface area (Å²) >= 11 is 6.42. The van der Waals surface area contributed by atoms with E-state index in [0.29, 0.717) is 11.4 Å². The molecule has 2 aliphatic rings. The topological polar surface area (TPSA) is 58.2 Å². The quantitative estimate of drug-likeness (QED) is 0.656. The molecule has 5 rings (SSSR count). The molecule has 0 radical (unpaired) electrons. The van der Waals surface area contributed by atoms with Crippen molar-refractivity contribution in [3.05, 3.63) is 52.3 Å². The third-order valence-corrected chi connectivity index (χ3v) is 6.06. The minimum atomic E-state index is -0.117. The highest BCUT2D eigenvalue weighted by atomic mass is 35.5. The molecule has 1 atom stereocenters. The van der Waals surface area contributed by atoms with Gasteiger partial charge in [0.1, 0.15) is 17.4 Å². The highest BCUT2D eigenvalue weighted by Crippen LogP contribution is 2.45. The van der Waals surface area contributed by atoms with Crippen LogP contribution in [0.1, 0.15) is 48.7 Å². The van der Waals surface area contributed by atoms with E-state index in [9.17, 15) is 4.79 Å². The maximum Gasteiger partial charge on any atom is 0.226 e. The number of halogens is 1. The van der Waals surface area contributed by atoms with Gasteiger partial charge in [0.05, 0.1) is 11.2 Å². The van der Waals surface area contributed by atoms with Crippen LogP contribution in [0.15, 0.2) is 30.3 Å². The van der Waals surface area contributed by atoms with E-state index in [1.807, 2.05) is 36.1 Å². The Morgan fingerprint density at radius 2 is 2.11 bits per heavy atom. The summed E-state index contributed by atoms with van der Waals surface area (Å²) in [5, 5.41) is 0.716. The molecule has 2 aromatic carbocycles. The second kappa shape index (κ2) is 6.82. The Balaban J connectivity index is 1.64. The van der Waals surface area contributed by atoms with Gasteiger partial charge in [-0.25, -0.2) is 4.98 Å². The van der Waals surface area contributed by atoms with Crippen molar-refractivity contribution in [3.8, 4) is 5.75 Å². The lowest BCUT2D eigenvalue weighted by molar-refractivity contribution is -0.119. The van der Waals surface area contributed by atoms with Gasteiger partial charge in [-0.3, -0.25) is 4.79 Å². The number of H-pyrrole nitrogens is 1. The number of aromatic amines is 1. The van der Waals surface area contributed by atoms with Crippen molar-refractivity contribution in [2.24, 2.45) is 0 Å². The van der Waals surface area contributed by atoms with Gasteiger partial charge < -0.3 is 14.6 Å². The number of imidazole rings is 1. The van der Waals surface area contributed by atoms with Crippen molar-refractivity contribution in [2.45, 2.75) is 45.1 Å². The third kappa shape index (κ3) is 2.85. The van der Waals surface area contributed by atoms with E-state index < -0.39 is 0 Å². The summed E-state index contributed by atoms with van der Waals surface area (Å²) in [6, 6.07) is 9.89. The SMILES string of the molecule is Cc1nc2c3c(c(N4CCCCC4=O)cc2[nH]1)CC[C@@H](c1ccccc1Cl)O3. The van der Waals surface area contributed by atoms with E-state index in [-0.39, 0.29) is 12.0 Å². The molecular formula is C22H22ClN3O2. The lowest BCUT2D eigenvalue weighted by Gasteiger charge is -2.33. The number of piperidine rings is 1. The monoisotopic (exact) mass is 395 g/mol. The van der Waals surface area contributed by atoms with Crippen LogP contribution in [0.3, 0.4) is 0 Å². The second-order valence-electron chi connectivity index (χ2n) is 7.59. The molecule has 0 unspecified atom stereocenters. The van der Waals surface area contributed by atoms with Crippen LogP contribution in [0.5, 0.6) is 5.75 Å². The van der Waals surface area contributed by atoms with E-state index >= 15 is 0 Å². The number of rotatable bonds is 2. The Morgan fingerprint density at radius 1 is 1.25 bits per heavy atom. The van der Waals surface area contributed by atoms with Crippen LogP contribution in [-0.4, -0.2) is 22.4 Å². The fraction of sp³-hybridized carbons (Fsp3) is 0.364. The van der Waals surface area contributed by atoms with Gasteiger partial charge in [0.25, 0.3) is 0 Å². The smallest absolute Gasteiger partial charge is 0.226 e. The van der Waals surface area contributed by atoms with Crippen molar-refractivity contribution in [2.75, 3.05) is 11.4 Å². The molecule has 1 fully saturated rings. The normalized spacial score (nSPS) is 19.6. The minimum Gasteiger partial charge on any atom is -0.483 e. The summed E-state index contributed by atoms with van der Waals surface area (Å²) in [4.78, 5) is 22.5. The Kier molecular flexibility index (Phi) is 4.27. The van der Waals surface area contributed by atoms with Gasteiger partial charge in [-0.15, -0.1) is 0 Å². The molecule has 0 spiro atoms. The number of nitrogens with zero attached hydrogens (tertiary/aromatic N) is 2. The summed E-state index contributed by atoms with van der Waals surface area (Å²) in [6.07, 6.45) is 4.14. The van der Waals surface area contributed by atoms with Crippen LogP contribution in [0.2, 0.25) is 5.02 Å². The van der Waals surface area contributed by atoms with Crippen molar-refractivity contribution in [1.29, 1.82) is 0 Å². The average Bonchev–Trinajstić information content (AvgIpc) is 3.08. The zero-order valence-electron chi connectivity index (χ0n) is 15.8. The summed E-state index contributed by atoms with van der Waals surface area (Å²) in [5.41, 5.74) is 4.78. The van der Waals surface area contributed by atoms with Crippen LogP contribution < -0.4 is 9.64 Å². The van der Waals surface area contributed by atoms with E-state index in [0.717, 1.165) is 71.6 Å². The van der Waals surface area contributed by atoms with Crippen LogP contribution in [-0.2, 0) is 11.2 Å². The van der Waals surface area contributed by atoms with Crippen LogP contribution in [0, 0.1) is 6.92 Å². The summed E-state index contributed by atoms with van der Waals surface area (Å²) in [6.45, 7) is 2.70. The standard InChI is InChI=1S/C22H22ClN3O2/c1-13-24-17-12-18(26-11-5-4-8-20(26)27)15-9-10-19(28-22(15)21(17)25-13)14-6-2-3-7-16(14)23/h2-3,6-7,12,19H,4-5,8-11H2,1H3,(H,24,25)/t19-/m0/s1. The fourth-order valence-corrected chi connectivity index (χ4v) is 4.63. The Labute approximate surface area is 168 Å². The van der Waals surface area contributed by atoms with Gasteiger partial charge in [0.15, 0.2) is 5.75 Å². The third-order valence-electron chi connectivity index (χ3n) is 5.71. The first-order valence-electron chi connectivity index (χ1n) is 9.85. The van der Waals surface area contributed by atoms with Gasteiger partial charge >= 0.3 is 0 Å². The molecule has 144 valence electrons. The molecule has 2 aliphatic heterocycles. The number of hydrogen-bond acceptors (Lipinski definition) is 3. The number of nitrogens with one attached hydrogen (secondary N) is 1. The number of carbonyl (C=O) groups excluding carboxylic acids is 1. The molecule has 1 aromatic heterocycles. The molecule has 1 saturated heterocycles. The number of hydrogen-bond donors (Lipinski definition) is 1. The minimum absolute atomic E-state index is 0.117. The first-order valence-corrected chi connectivity index (χ1v) is 10.2. The molecule has 3 aromatic rings. The zero-order valence-corrected chi connectivity index (χ0v) is 16.6. The molecule has 1 N–H and O–H groups in total. The van der Waals surface area contributed by atoms with E-state index in [1.54, 1.807) is 0 Å². The first kappa shape index (κ1) is 17.6. The molecule has 1 amide bonds. The number of anilines is 1. The predicted octanol–water partition coefficient (Wildman–Crippen LogP) is 5.11. The van der Waals surface area contributed by atoms with Crippen LogP contribution >= 0.6 is 11.6 Å². The predicted molar refractivity (Wildman–Crippen MR) is 110 cm³/mol. The largest absolute Gasteiger partial charge is 0.483 e. The average molecular weight is 396 g/mol. The Bertz CT molecular complexity index is 1080. The second-order valence-corrected chi connectivity index (χ2v) is 8.00. The van der Waals surface area contributed by atoms with Crippen LogP contribution in [0.4, 0.5) is 5.69 Å². The van der Waals surface area contributed by atoms with E-state index in [4.69, 9.17) is 16.3 Å². The molecule has 5 nitrogen and oxygen atoms in total. The number of aromatic nitrogens is 2. The number of fused-ring (bicyclic) bond motifs is 3. The Hall–Kier alpha value is -2.53. The molecule has 3 heterocycles. The molecule has 0 aliphatic carbocycles. The highest BCUT2D eigenvalue weighted by molar-refractivity contribution is 6.31. The number of carbonyl (C=O) groups is 1. The number of amides is 1. The summed E-state index contributed by atoms with van der Waals surface area (Å²) in [7, 11) is 0. The first-order chi connectivity index (χ1) is 13.6. The van der Waals surface area contributed by atoms with Gasteiger partial charge in [-0.2, -0.15) is 0 Å². The number of aryl methyl sites for hydroxylation is 1. The summed E-state index contributed by atoms with van der Waals surface area (Å²) < 4.78 is 6.49. The maximum atomic E-state index is 12.6. The van der Waals surface area contributed by atoms with Gasteiger partial charge in [0.2, 0.25) is 5.91 Å². The van der Waals surface area contributed by atoms with Crippen molar-refractivity contribution in [1.82, 2.24) is 9.97 Å². The molecule has 0 bridgehead atoms. The zero-order chi connectivity index (χ0) is 19.3. The highest BCUT2D eigenvalue weighted by Gasteiger charge is 2.31. The van der Waals surface area contributed by atoms with E-state index in [2.05, 4.69) is 16.0 Å². The Morgan fingerprint density at radius 3 is 2.93 bits per heavy atom. The molecule has 6 heteroatoms. The van der Waals surface area contributed by atoms with Gasteiger partial charge in [0, 0.05) is 29.1 Å². The maximum absolute atomic E-state index is 12.6. The van der Waals surface area contributed by atoms with Crippen molar-refractivity contribution >= 4 is 34.2 Å². The summed E-state index contributed by atoms with van der Waals surface area (Å²) in [5.74, 6) is 1.81. The number of benzene rings is 2. The lowest BCUT2D eigenvalue weighted by atomic mass is 9.94. The molecule has 0 saturated carbocycles. The van der Waals surface area contributed by atoms with Gasteiger partial charge in [-0.05, 0) is 44.7 Å². The van der Waals surface area contributed by atoms with Crippen molar-refractivity contribution in [3.63, 3.8) is 0 Å². The lowest BCUT2D eigenvalue weighted by Crippen LogP contribution is -2.36. The van der Waals surface area contributed by atoms with E-state index in [1.165, 1.54) is 0 Å². The fourth-order valence-electron chi connectivity index (χ4n) is 4.37. The number of ether oxygens (including phenoxy) is 1. The van der Waals surface area contributed by atoms with Crippen LogP contribution in [0.25, 0.3) is 11.0 Å².